The molecule has 1 heterocycles. The first-order valence-electron chi connectivity index (χ1n) is 5.34. The maximum absolute atomic E-state index is 11.8. The van der Waals surface area contributed by atoms with Gasteiger partial charge in [-0.3, -0.25) is 20.2 Å². The first-order chi connectivity index (χ1) is 9.56. The summed E-state index contributed by atoms with van der Waals surface area (Å²) >= 11 is 5.77. The van der Waals surface area contributed by atoms with Crippen molar-refractivity contribution in [3.63, 3.8) is 0 Å². The zero-order valence-corrected chi connectivity index (χ0v) is 11.5. The highest BCUT2D eigenvalue weighted by Gasteiger charge is 2.13. The molecule has 2 N–H and O–H groups in total. The Hall–Kier alpha value is -2.39. The van der Waals surface area contributed by atoms with Crippen LogP contribution in [0.2, 0.25) is 0 Å². The topological polar surface area (TPSA) is 97.2 Å². The zero-order valence-electron chi connectivity index (χ0n) is 9.90. The molecule has 20 heavy (non-hydrogen) atoms. The number of carbonyl (C=O) groups excluding carboxylic acids is 1. The highest BCUT2D eigenvalue weighted by Crippen LogP contribution is 2.24. The van der Waals surface area contributed by atoms with E-state index in [4.69, 9.17) is 12.2 Å². The number of nitrogens with zero attached hydrogens (tertiary/aromatic N) is 2. The van der Waals surface area contributed by atoms with E-state index in [0.29, 0.717) is 5.56 Å². The van der Waals surface area contributed by atoms with Crippen LogP contribution in [0.5, 0.6) is 0 Å². The molecule has 102 valence electrons. The molecule has 0 aliphatic rings. The monoisotopic (exact) mass is 308 g/mol. The molecule has 1 amide bonds. The molecule has 0 atom stereocenters. The third-order valence-electron chi connectivity index (χ3n) is 2.16. The third-order valence-corrected chi connectivity index (χ3v) is 3.23. The summed E-state index contributed by atoms with van der Waals surface area (Å²) in [6.07, 6.45) is 1.12. The van der Waals surface area contributed by atoms with Gasteiger partial charge in [-0.2, -0.15) is 0 Å². The van der Waals surface area contributed by atoms with Crippen LogP contribution >= 0.6 is 23.6 Å². The van der Waals surface area contributed by atoms with Crippen molar-refractivity contribution < 1.29 is 9.72 Å². The first kappa shape index (κ1) is 14.0. The summed E-state index contributed by atoms with van der Waals surface area (Å²) in [5, 5.41) is 15.8. The van der Waals surface area contributed by atoms with Gasteiger partial charge in [0.25, 0.3) is 5.91 Å². The maximum atomic E-state index is 11.8. The summed E-state index contributed by atoms with van der Waals surface area (Å²) < 4.78 is 0. The minimum Gasteiger partial charge on any atom is -0.308 e. The number of thiazole rings is 1. The Labute approximate surface area is 122 Å². The van der Waals surface area contributed by atoms with Gasteiger partial charge in [0.2, 0.25) is 0 Å². The van der Waals surface area contributed by atoms with Crippen LogP contribution in [0.3, 0.4) is 0 Å². The molecule has 0 spiro atoms. The van der Waals surface area contributed by atoms with Gasteiger partial charge in [-0.25, -0.2) is 4.98 Å². The Balaban J connectivity index is 1.95. The fraction of sp³-hybridized carbons (Fsp3) is 0. The SMILES string of the molecule is O=C(NC(=S)Nc1ncc([N+](=O)[O-])s1)c1ccccc1. The quantitative estimate of drug-likeness (QED) is 0.512. The fourth-order valence-corrected chi connectivity index (χ4v) is 2.19. The highest BCUT2D eigenvalue weighted by molar-refractivity contribution is 7.80. The largest absolute Gasteiger partial charge is 0.345 e. The highest BCUT2D eigenvalue weighted by atomic mass is 32.1. The van der Waals surface area contributed by atoms with Crippen molar-refractivity contribution in [2.45, 2.75) is 0 Å². The number of nitrogens with one attached hydrogen (secondary N) is 2. The van der Waals surface area contributed by atoms with Crippen molar-refractivity contribution in [2.24, 2.45) is 0 Å². The van der Waals surface area contributed by atoms with Gasteiger partial charge in [0, 0.05) is 5.56 Å². The predicted octanol–water partition coefficient (Wildman–Crippen LogP) is 2.18. The van der Waals surface area contributed by atoms with Crippen LogP contribution in [0.25, 0.3) is 0 Å². The summed E-state index contributed by atoms with van der Waals surface area (Å²) in [6, 6.07) is 8.55. The maximum Gasteiger partial charge on any atom is 0.345 e. The van der Waals surface area contributed by atoms with E-state index in [9.17, 15) is 14.9 Å². The van der Waals surface area contributed by atoms with E-state index in [1.807, 2.05) is 0 Å². The van der Waals surface area contributed by atoms with Crippen LogP contribution in [0.1, 0.15) is 10.4 Å². The van der Waals surface area contributed by atoms with Crippen molar-refractivity contribution in [3.8, 4) is 0 Å². The number of amides is 1. The minimum absolute atomic E-state index is 0.0306. The lowest BCUT2D eigenvalue weighted by atomic mass is 10.2. The molecule has 2 rings (SSSR count). The van der Waals surface area contributed by atoms with E-state index in [2.05, 4.69) is 15.6 Å². The summed E-state index contributed by atoms with van der Waals surface area (Å²) in [5.41, 5.74) is 0.460. The van der Waals surface area contributed by atoms with Crippen molar-refractivity contribution in [1.29, 1.82) is 0 Å². The standard InChI is InChI=1S/C11H8N4O3S2/c16-9(7-4-2-1-3-5-7)13-10(19)14-11-12-6-8(20-11)15(17)18/h1-6H,(H2,12,13,14,16,19). The van der Waals surface area contributed by atoms with Gasteiger partial charge >= 0.3 is 5.00 Å². The number of anilines is 1. The molecule has 0 bridgehead atoms. The molecule has 1 aromatic heterocycles. The second-order valence-electron chi connectivity index (χ2n) is 3.54. The number of nitro groups is 1. The van der Waals surface area contributed by atoms with E-state index >= 15 is 0 Å². The van der Waals surface area contributed by atoms with Crippen molar-refractivity contribution in [3.05, 3.63) is 52.2 Å². The second kappa shape index (κ2) is 6.17. The first-order valence-corrected chi connectivity index (χ1v) is 6.56. The lowest BCUT2D eigenvalue weighted by Gasteiger charge is -2.06. The summed E-state index contributed by atoms with van der Waals surface area (Å²) in [5.74, 6) is -0.367. The third kappa shape index (κ3) is 3.56. The predicted molar refractivity (Wildman–Crippen MR) is 78.9 cm³/mol. The van der Waals surface area contributed by atoms with Gasteiger partial charge in [0.1, 0.15) is 6.20 Å². The number of carbonyl (C=O) groups is 1. The molecule has 0 unspecified atom stereocenters. The number of hydrogen-bond acceptors (Lipinski definition) is 6. The molecule has 0 aliphatic carbocycles. The molecular weight excluding hydrogens is 300 g/mol. The zero-order chi connectivity index (χ0) is 14.5. The lowest BCUT2D eigenvalue weighted by molar-refractivity contribution is -0.380. The van der Waals surface area contributed by atoms with E-state index in [0.717, 1.165) is 17.5 Å². The van der Waals surface area contributed by atoms with Gasteiger partial charge in [0.05, 0.1) is 4.92 Å². The molecule has 9 heteroatoms. The van der Waals surface area contributed by atoms with E-state index in [1.54, 1.807) is 30.3 Å². The van der Waals surface area contributed by atoms with Gasteiger partial charge in [0.15, 0.2) is 10.2 Å². The molecular formula is C11H8N4O3S2. The summed E-state index contributed by atoms with van der Waals surface area (Å²) in [6.45, 7) is 0. The Bertz CT molecular complexity index is 657. The molecule has 0 radical (unpaired) electrons. The van der Waals surface area contributed by atoms with Crippen LogP contribution in [0.4, 0.5) is 10.1 Å². The number of hydrogen-bond donors (Lipinski definition) is 2. The van der Waals surface area contributed by atoms with Crippen LogP contribution in [-0.4, -0.2) is 20.9 Å². The number of thiocarbonyl (C=S) groups is 1. The minimum atomic E-state index is -0.547. The summed E-state index contributed by atoms with van der Waals surface area (Å²) in [7, 11) is 0. The van der Waals surface area contributed by atoms with Crippen molar-refractivity contribution in [2.75, 3.05) is 5.32 Å². The van der Waals surface area contributed by atoms with Crippen LogP contribution < -0.4 is 10.6 Å². The van der Waals surface area contributed by atoms with Crippen LogP contribution in [-0.2, 0) is 0 Å². The second-order valence-corrected chi connectivity index (χ2v) is 4.95. The molecule has 0 saturated carbocycles. The molecule has 1 aromatic carbocycles. The normalized spacial score (nSPS) is 9.80. The smallest absolute Gasteiger partial charge is 0.308 e. The molecule has 0 aliphatic heterocycles. The average molecular weight is 308 g/mol. The Kier molecular flexibility index (Phi) is 4.33. The molecule has 2 aromatic rings. The van der Waals surface area contributed by atoms with E-state index in [1.165, 1.54) is 0 Å². The van der Waals surface area contributed by atoms with Gasteiger partial charge in [-0.1, -0.05) is 18.2 Å². The van der Waals surface area contributed by atoms with Crippen LogP contribution in [0.15, 0.2) is 36.5 Å². The molecule has 0 saturated heterocycles. The van der Waals surface area contributed by atoms with Crippen LogP contribution in [0, 0.1) is 10.1 Å². The molecule has 0 fully saturated rings. The van der Waals surface area contributed by atoms with E-state index in [-0.39, 0.29) is 21.2 Å². The Morgan fingerprint density at radius 2 is 2.05 bits per heavy atom. The summed E-state index contributed by atoms with van der Waals surface area (Å²) in [4.78, 5) is 25.5. The van der Waals surface area contributed by atoms with E-state index < -0.39 is 4.92 Å². The van der Waals surface area contributed by atoms with Gasteiger partial charge < -0.3 is 5.32 Å². The fourth-order valence-electron chi connectivity index (χ4n) is 1.30. The Morgan fingerprint density at radius 1 is 1.35 bits per heavy atom. The molecule has 7 nitrogen and oxygen atoms in total. The Morgan fingerprint density at radius 3 is 2.65 bits per heavy atom. The lowest BCUT2D eigenvalue weighted by Crippen LogP contribution is -2.34. The van der Waals surface area contributed by atoms with Gasteiger partial charge in [-0.05, 0) is 35.7 Å². The average Bonchev–Trinajstić information content (AvgIpc) is 2.88. The number of aromatic nitrogens is 1. The number of rotatable bonds is 3. The van der Waals surface area contributed by atoms with Crippen molar-refractivity contribution in [1.82, 2.24) is 10.3 Å². The number of benzene rings is 1. The van der Waals surface area contributed by atoms with Gasteiger partial charge in [-0.15, -0.1) is 0 Å². The van der Waals surface area contributed by atoms with Crippen molar-refractivity contribution >= 4 is 44.7 Å².